The van der Waals surface area contributed by atoms with E-state index in [2.05, 4.69) is 48.6 Å². The molecule has 2 aromatic rings. The summed E-state index contributed by atoms with van der Waals surface area (Å²) >= 11 is 0. The zero-order valence-corrected chi connectivity index (χ0v) is 19.6. The standard InChI is InChI=1S/C21H31N5O.HI/c1-5-17-16(19(6-2)26(4)25-17)14-23-21(22-7-3)24-18-12-13-27-20-11-9-8-10-15(18)20;/h8-11,18H,5-7,12-14H2,1-4H3,(H2,22,23,24);1H. The molecule has 154 valence electrons. The van der Waals surface area contributed by atoms with Crippen LogP contribution in [0.3, 0.4) is 0 Å². The minimum absolute atomic E-state index is 0. The second-order valence-electron chi connectivity index (χ2n) is 6.77. The Morgan fingerprint density at radius 2 is 2.04 bits per heavy atom. The van der Waals surface area contributed by atoms with Crippen LogP contribution < -0.4 is 15.4 Å². The second-order valence-corrected chi connectivity index (χ2v) is 6.77. The van der Waals surface area contributed by atoms with Gasteiger partial charge in [-0.15, -0.1) is 24.0 Å². The van der Waals surface area contributed by atoms with Crippen LogP contribution in [0.15, 0.2) is 29.3 Å². The molecule has 1 aromatic heterocycles. The highest BCUT2D eigenvalue weighted by atomic mass is 127. The summed E-state index contributed by atoms with van der Waals surface area (Å²) in [7, 11) is 2.02. The van der Waals surface area contributed by atoms with Gasteiger partial charge in [-0.25, -0.2) is 4.99 Å². The Morgan fingerprint density at radius 3 is 2.75 bits per heavy atom. The van der Waals surface area contributed by atoms with E-state index in [1.165, 1.54) is 16.8 Å². The van der Waals surface area contributed by atoms with Crippen LogP contribution in [0.5, 0.6) is 5.75 Å². The third kappa shape index (κ3) is 4.98. The number of ether oxygens (including phenoxy) is 1. The summed E-state index contributed by atoms with van der Waals surface area (Å²) in [6.45, 7) is 8.60. The predicted molar refractivity (Wildman–Crippen MR) is 125 cm³/mol. The van der Waals surface area contributed by atoms with Crippen molar-refractivity contribution in [2.75, 3.05) is 13.2 Å². The molecule has 0 radical (unpaired) electrons. The van der Waals surface area contributed by atoms with Gasteiger partial charge in [0, 0.05) is 36.8 Å². The van der Waals surface area contributed by atoms with Crippen molar-refractivity contribution in [1.82, 2.24) is 20.4 Å². The third-order valence-electron chi connectivity index (χ3n) is 5.04. The van der Waals surface area contributed by atoms with Crippen LogP contribution >= 0.6 is 24.0 Å². The summed E-state index contributed by atoms with van der Waals surface area (Å²) in [4.78, 5) is 4.88. The first-order chi connectivity index (χ1) is 13.2. The number of nitrogens with one attached hydrogen (secondary N) is 2. The first kappa shape index (κ1) is 22.5. The molecular weight excluding hydrogens is 465 g/mol. The minimum atomic E-state index is 0. The lowest BCUT2D eigenvalue weighted by atomic mass is 10.0. The first-order valence-corrected chi connectivity index (χ1v) is 9.98. The molecule has 1 unspecified atom stereocenters. The van der Waals surface area contributed by atoms with Gasteiger partial charge in [-0.3, -0.25) is 4.68 Å². The van der Waals surface area contributed by atoms with Crippen molar-refractivity contribution in [3.05, 3.63) is 46.8 Å². The van der Waals surface area contributed by atoms with E-state index < -0.39 is 0 Å². The lowest BCUT2D eigenvalue weighted by Gasteiger charge is -2.28. The van der Waals surface area contributed by atoms with Crippen LogP contribution in [0.4, 0.5) is 0 Å². The number of halogens is 1. The molecule has 2 heterocycles. The molecule has 0 amide bonds. The minimum Gasteiger partial charge on any atom is -0.493 e. The highest BCUT2D eigenvalue weighted by Gasteiger charge is 2.22. The molecule has 0 aliphatic carbocycles. The Kier molecular flexibility index (Phi) is 8.59. The molecule has 0 bridgehead atoms. The summed E-state index contributed by atoms with van der Waals surface area (Å²) in [6.07, 6.45) is 2.82. The Balaban J connectivity index is 0.00000280. The van der Waals surface area contributed by atoms with Crippen LogP contribution in [0.1, 0.15) is 55.7 Å². The lowest BCUT2D eigenvalue weighted by Crippen LogP contribution is -2.41. The molecule has 1 aromatic carbocycles. The molecule has 0 spiro atoms. The van der Waals surface area contributed by atoms with Crippen LogP contribution in [-0.2, 0) is 26.4 Å². The van der Waals surface area contributed by atoms with Gasteiger partial charge in [0.1, 0.15) is 5.75 Å². The third-order valence-corrected chi connectivity index (χ3v) is 5.04. The highest BCUT2D eigenvalue weighted by Crippen LogP contribution is 2.31. The van der Waals surface area contributed by atoms with Gasteiger partial charge < -0.3 is 15.4 Å². The molecule has 7 heteroatoms. The SMILES string of the molecule is CCNC(=NCc1c(CC)nn(C)c1CC)NC1CCOc2ccccc21.I. The summed E-state index contributed by atoms with van der Waals surface area (Å²) in [5, 5.41) is 11.6. The topological polar surface area (TPSA) is 63.5 Å². The van der Waals surface area contributed by atoms with Gasteiger partial charge in [0.05, 0.1) is 24.9 Å². The van der Waals surface area contributed by atoms with Gasteiger partial charge in [-0.05, 0) is 25.8 Å². The predicted octanol–water partition coefficient (Wildman–Crippen LogP) is 3.74. The van der Waals surface area contributed by atoms with Crippen molar-refractivity contribution in [1.29, 1.82) is 0 Å². The number of fused-ring (bicyclic) bond motifs is 1. The van der Waals surface area contributed by atoms with Crippen molar-refractivity contribution in [3.63, 3.8) is 0 Å². The summed E-state index contributed by atoms with van der Waals surface area (Å²) < 4.78 is 7.78. The number of rotatable bonds is 6. The molecule has 3 rings (SSSR count). The van der Waals surface area contributed by atoms with Crippen LogP contribution in [-0.4, -0.2) is 28.9 Å². The molecule has 0 saturated carbocycles. The molecule has 1 aliphatic heterocycles. The average molecular weight is 497 g/mol. The fourth-order valence-corrected chi connectivity index (χ4v) is 3.71. The number of hydrogen-bond acceptors (Lipinski definition) is 3. The van der Waals surface area contributed by atoms with E-state index in [1.807, 2.05) is 23.9 Å². The maximum absolute atomic E-state index is 5.78. The fourth-order valence-electron chi connectivity index (χ4n) is 3.71. The molecule has 0 saturated heterocycles. The Labute approximate surface area is 185 Å². The number of benzene rings is 1. The summed E-state index contributed by atoms with van der Waals surface area (Å²) in [5.41, 5.74) is 4.86. The Morgan fingerprint density at radius 1 is 1.25 bits per heavy atom. The first-order valence-electron chi connectivity index (χ1n) is 9.98. The zero-order valence-electron chi connectivity index (χ0n) is 17.3. The van der Waals surface area contributed by atoms with E-state index in [4.69, 9.17) is 9.73 Å². The van der Waals surface area contributed by atoms with E-state index in [0.717, 1.165) is 49.8 Å². The van der Waals surface area contributed by atoms with Crippen LogP contribution in [0, 0.1) is 0 Å². The number of aromatic nitrogens is 2. The number of guanidine groups is 1. The molecular formula is C21H32IN5O. The second kappa shape index (κ2) is 10.7. The van der Waals surface area contributed by atoms with E-state index in [0.29, 0.717) is 6.54 Å². The monoisotopic (exact) mass is 497 g/mol. The van der Waals surface area contributed by atoms with Crippen molar-refractivity contribution in [2.45, 2.75) is 52.6 Å². The van der Waals surface area contributed by atoms with Crippen molar-refractivity contribution < 1.29 is 4.74 Å². The van der Waals surface area contributed by atoms with Crippen LogP contribution in [0.25, 0.3) is 0 Å². The number of hydrogen-bond donors (Lipinski definition) is 2. The normalized spacial score (nSPS) is 16.0. The maximum Gasteiger partial charge on any atom is 0.192 e. The van der Waals surface area contributed by atoms with Gasteiger partial charge in [0.2, 0.25) is 0 Å². The number of aliphatic imine (C=N–C) groups is 1. The molecule has 1 aliphatic rings. The van der Waals surface area contributed by atoms with E-state index in [1.54, 1.807) is 0 Å². The van der Waals surface area contributed by atoms with Crippen molar-refractivity contribution in [3.8, 4) is 5.75 Å². The smallest absolute Gasteiger partial charge is 0.192 e. The van der Waals surface area contributed by atoms with Gasteiger partial charge in [0.15, 0.2) is 5.96 Å². The molecule has 0 fully saturated rings. The number of para-hydroxylation sites is 1. The number of nitrogens with zero attached hydrogens (tertiary/aromatic N) is 3. The van der Waals surface area contributed by atoms with Crippen molar-refractivity contribution >= 4 is 29.9 Å². The highest BCUT2D eigenvalue weighted by molar-refractivity contribution is 14.0. The largest absolute Gasteiger partial charge is 0.493 e. The molecule has 1 atom stereocenters. The lowest BCUT2D eigenvalue weighted by molar-refractivity contribution is 0.261. The van der Waals surface area contributed by atoms with Gasteiger partial charge in [0.25, 0.3) is 0 Å². The Bertz CT molecular complexity index is 802. The van der Waals surface area contributed by atoms with Gasteiger partial charge in [-0.2, -0.15) is 5.10 Å². The fraction of sp³-hybridized carbons (Fsp3) is 0.524. The van der Waals surface area contributed by atoms with Crippen molar-refractivity contribution in [2.24, 2.45) is 12.0 Å². The molecule has 6 nitrogen and oxygen atoms in total. The van der Waals surface area contributed by atoms with Gasteiger partial charge >= 0.3 is 0 Å². The van der Waals surface area contributed by atoms with E-state index >= 15 is 0 Å². The van der Waals surface area contributed by atoms with E-state index in [9.17, 15) is 0 Å². The molecule has 28 heavy (non-hydrogen) atoms. The van der Waals surface area contributed by atoms with E-state index in [-0.39, 0.29) is 30.0 Å². The maximum atomic E-state index is 5.78. The Hall–Kier alpha value is -1.77. The van der Waals surface area contributed by atoms with Gasteiger partial charge in [-0.1, -0.05) is 32.0 Å². The summed E-state index contributed by atoms with van der Waals surface area (Å²) in [5.74, 6) is 1.80. The quantitative estimate of drug-likeness (QED) is 0.363. The van der Waals surface area contributed by atoms with Crippen LogP contribution in [0.2, 0.25) is 0 Å². The number of aryl methyl sites for hydroxylation is 2. The summed E-state index contributed by atoms with van der Waals surface area (Å²) in [6, 6.07) is 8.44. The zero-order chi connectivity index (χ0) is 19.2. The average Bonchev–Trinajstić information content (AvgIpc) is 3.01. The molecule has 2 N–H and O–H groups in total.